The fourth-order valence-electron chi connectivity index (χ4n) is 0.738. The van der Waals surface area contributed by atoms with Crippen molar-refractivity contribution >= 4 is 33.8 Å². The number of rotatable bonds is 1. The third-order valence-corrected chi connectivity index (χ3v) is 2.42. The highest BCUT2D eigenvalue weighted by Gasteiger charge is 2.19. The zero-order valence-corrected chi connectivity index (χ0v) is 8.25. The van der Waals surface area contributed by atoms with Crippen LogP contribution in [0.1, 0.15) is 6.42 Å². The van der Waals surface area contributed by atoms with E-state index in [0.29, 0.717) is 5.71 Å². The summed E-state index contributed by atoms with van der Waals surface area (Å²) in [6.45, 7) is 0. The van der Waals surface area contributed by atoms with Gasteiger partial charge in [0.2, 0.25) is 0 Å². The molecule has 0 atom stereocenters. The van der Waals surface area contributed by atoms with Gasteiger partial charge in [0, 0.05) is 6.42 Å². The summed E-state index contributed by atoms with van der Waals surface area (Å²) in [4.78, 5) is 0. The Hall–Kier alpha value is -0.200. The number of allylic oxidation sites excluding steroid dienone is 4. The Morgan fingerprint density at radius 3 is 2.83 bits per heavy atom. The minimum absolute atomic E-state index is 0.0421. The van der Waals surface area contributed by atoms with Crippen molar-refractivity contribution in [2.24, 2.45) is 9.54 Å². The average molecular weight is 255 g/mol. The summed E-state index contributed by atoms with van der Waals surface area (Å²) in [6, 6.07) is 0. The molecule has 12 heavy (non-hydrogen) atoms. The maximum atomic E-state index is 12.8. The van der Waals surface area contributed by atoms with E-state index in [1.54, 1.807) is 0 Å². The van der Waals surface area contributed by atoms with Crippen molar-refractivity contribution in [1.82, 2.24) is 0 Å². The molecule has 66 valence electrons. The summed E-state index contributed by atoms with van der Waals surface area (Å²) < 4.78 is 29.1. The van der Waals surface area contributed by atoms with Crippen molar-refractivity contribution in [3.63, 3.8) is 0 Å². The van der Waals surface area contributed by atoms with E-state index in [4.69, 9.17) is 5.14 Å². The average Bonchev–Trinajstić information content (AvgIpc) is 2.07. The molecule has 1 aliphatic rings. The highest BCUT2D eigenvalue weighted by Crippen LogP contribution is 2.29. The number of nitrogens with two attached hydrogens (primary N) is 1. The molecule has 6 heteroatoms. The Kier molecular flexibility index (Phi) is 3.42. The monoisotopic (exact) mass is 254 g/mol. The Balaban J connectivity index is 2.98. The van der Waals surface area contributed by atoms with Gasteiger partial charge < -0.3 is 0 Å². The Morgan fingerprint density at radius 2 is 2.25 bits per heavy atom. The second kappa shape index (κ2) is 4.15. The van der Waals surface area contributed by atoms with E-state index in [0.717, 1.165) is 18.2 Å². The lowest BCUT2D eigenvalue weighted by molar-refractivity contribution is 0.540. The zero-order chi connectivity index (χ0) is 9.14. The van der Waals surface area contributed by atoms with Crippen LogP contribution in [0.3, 0.4) is 0 Å². The maximum Gasteiger partial charge on any atom is 0.174 e. The van der Waals surface area contributed by atoms with Gasteiger partial charge in [-0.05, 0) is 22.0 Å². The minimum atomic E-state index is -0.922. The largest absolute Gasteiger partial charge is 0.258 e. The van der Waals surface area contributed by atoms with Crippen molar-refractivity contribution < 1.29 is 8.78 Å². The van der Waals surface area contributed by atoms with Gasteiger partial charge >= 0.3 is 0 Å². The van der Waals surface area contributed by atoms with Crippen LogP contribution in [0, 0.1) is 0 Å². The van der Waals surface area contributed by atoms with Crippen LogP contribution in [0.25, 0.3) is 0 Å². The van der Waals surface area contributed by atoms with Crippen LogP contribution < -0.4 is 5.14 Å². The fraction of sp³-hybridized carbons (Fsp3) is 0.167. The predicted molar refractivity (Wildman–Crippen MR) is 50.1 cm³/mol. The molecular weight excluding hydrogens is 250 g/mol. The van der Waals surface area contributed by atoms with Crippen molar-refractivity contribution in [3.05, 3.63) is 22.2 Å². The van der Waals surface area contributed by atoms with Crippen LogP contribution in [-0.2, 0) is 0 Å². The fourth-order valence-corrected chi connectivity index (χ4v) is 1.59. The highest BCUT2D eigenvalue weighted by atomic mass is 79.9. The minimum Gasteiger partial charge on any atom is -0.258 e. The zero-order valence-electron chi connectivity index (χ0n) is 5.85. The molecule has 0 aromatic carbocycles. The highest BCUT2D eigenvalue weighted by molar-refractivity contribution is 9.12. The van der Waals surface area contributed by atoms with Gasteiger partial charge in [-0.1, -0.05) is 0 Å². The van der Waals surface area contributed by atoms with Crippen LogP contribution >= 0.6 is 28.1 Å². The Bertz CT molecular complexity index is 285. The van der Waals surface area contributed by atoms with Gasteiger partial charge in [0.15, 0.2) is 11.7 Å². The number of halogens is 3. The van der Waals surface area contributed by atoms with Crippen molar-refractivity contribution in [1.29, 1.82) is 0 Å². The first-order valence-electron chi connectivity index (χ1n) is 3.01. The van der Waals surface area contributed by atoms with Gasteiger partial charge in [-0.25, -0.2) is 13.2 Å². The summed E-state index contributed by atoms with van der Waals surface area (Å²) >= 11 is 3.61. The summed E-state index contributed by atoms with van der Waals surface area (Å²) in [5.41, 5.74) is 0.404. The Morgan fingerprint density at radius 1 is 1.58 bits per heavy atom. The first-order chi connectivity index (χ1) is 5.66. The molecular formula is C6H5BrF2N2S. The number of nitrogens with zero attached hydrogens (tertiary/aromatic N) is 1. The summed E-state index contributed by atoms with van der Waals surface area (Å²) in [5, 5.41) is 5.05. The SMILES string of the molecule is NSN=C1CC=C(F)C(F)=C1Br. The van der Waals surface area contributed by atoms with Gasteiger partial charge in [-0.2, -0.15) is 0 Å². The van der Waals surface area contributed by atoms with E-state index in [-0.39, 0.29) is 10.9 Å². The lowest BCUT2D eigenvalue weighted by Crippen LogP contribution is -2.04. The van der Waals surface area contributed by atoms with E-state index in [1.165, 1.54) is 0 Å². The van der Waals surface area contributed by atoms with Gasteiger partial charge in [0.05, 0.1) is 22.3 Å². The third kappa shape index (κ3) is 1.94. The van der Waals surface area contributed by atoms with Gasteiger partial charge in [-0.3, -0.25) is 5.14 Å². The van der Waals surface area contributed by atoms with Crippen molar-refractivity contribution in [3.8, 4) is 0 Å². The second-order valence-electron chi connectivity index (χ2n) is 2.03. The standard InChI is InChI=1S/C6H5BrF2N2S/c7-5-4(11-12-10)2-1-3(8)6(5)9/h1H,2,10H2. The van der Waals surface area contributed by atoms with Crippen LogP contribution in [-0.4, -0.2) is 5.71 Å². The van der Waals surface area contributed by atoms with Crippen LogP contribution in [0.15, 0.2) is 26.6 Å². The van der Waals surface area contributed by atoms with Gasteiger partial charge in [-0.15, -0.1) is 0 Å². The predicted octanol–water partition coefficient (Wildman–Crippen LogP) is 2.78. The molecule has 0 radical (unpaired) electrons. The molecule has 0 aromatic rings. The van der Waals surface area contributed by atoms with Crippen LogP contribution in [0.2, 0.25) is 0 Å². The van der Waals surface area contributed by atoms with Crippen molar-refractivity contribution in [2.75, 3.05) is 0 Å². The molecule has 1 aliphatic carbocycles. The normalized spacial score (nSPS) is 21.7. The molecule has 0 saturated heterocycles. The maximum absolute atomic E-state index is 12.8. The molecule has 0 aromatic heterocycles. The van der Waals surface area contributed by atoms with E-state index in [9.17, 15) is 8.78 Å². The molecule has 0 unspecified atom stereocenters. The molecule has 0 amide bonds. The molecule has 1 rings (SSSR count). The smallest absolute Gasteiger partial charge is 0.174 e. The first kappa shape index (κ1) is 9.88. The molecule has 2 nitrogen and oxygen atoms in total. The molecule has 0 spiro atoms. The molecule has 0 fully saturated rings. The number of hydrogen-bond acceptors (Lipinski definition) is 3. The van der Waals surface area contributed by atoms with Crippen LogP contribution in [0.5, 0.6) is 0 Å². The van der Waals surface area contributed by atoms with Crippen LogP contribution in [0.4, 0.5) is 8.78 Å². The molecule has 2 N–H and O–H groups in total. The number of hydrogen-bond donors (Lipinski definition) is 1. The lowest BCUT2D eigenvalue weighted by atomic mass is 10.1. The summed E-state index contributed by atoms with van der Waals surface area (Å²) in [6.07, 6.45) is 1.37. The molecule has 0 heterocycles. The molecule has 0 bridgehead atoms. The van der Waals surface area contributed by atoms with E-state index >= 15 is 0 Å². The molecule has 0 saturated carbocycles. The van der Waals surface area contributed by atoms with Crippen molar-refractivity contribution in [2.45, 2.75) is 6.42 Å². The summed E-state index contributed by atoms with van der Waals surface area (Å²) in [5.74, 6) is -1.78. The van der Waals surface area contributed by atoms with E-state index in [1.807, 2.05) is 0 Å². The molecule has 0 aliphatic heterocycles. The van der Waals surface area contributed by atoms with Gasteiger partial charge in [0.1, 0.15) is 0 Å². The quantitative estimate of drug-likeness (QED) is 0.731. The third-order valence-electron chi connectivity index (χ3n) is 1.29. The van der Waals surface area contributed by atoms with Gasteiger partial charge in [0.25, 0.3) is 0 Å². The summed E-state index contributed by atoms with van der Waals surface area (Å²) in [7, 11) is 0. The van der Waals surface area contributed by atoms with E-state index < -0.39 is 11.7 Å². The Labute approximate surface area is 81.0 Å². The topological polar surface area (TPSA) is 38.4 Å². The van der Waals surface area contributed by atoms with E-state index in [2.05, 4.69) is 20.3 Å². The lowest BCUT2D eigenvalue weighted by Gasteiger charge is -2.08. The second-order valence-corrected chi connectivity index (χ2v) is 3.21. The first-order valence-corrected chi connectivity index (χ1v) is 4.64.